The highest BCUT2D eigenvalue weighted by Crippen LogP contribution is 2.48. The van der Waals surface area contributed by atoms with Crippen LogP contribution >= 0.6 is 11.3 Å². The van der Waals surface area contributed by atoms with Crippen LogP contribution in [0.4, 0.5) is 0 Å². The molecule has 2 aliphatic rings. The summed E-state index contributed by atoms with van der Waals surface area (Å²) in [5.41, 5.74) is 5.59. The molecule has 4 atom stereocenters. The van der Waals surface area contributed by atoms with Crippen molar-refractivity contribution < 1.29 is 19.5 Å². The van der Waals surface area contributed by atoms with Gasteiger partial charge in [-0.15, -0.1) is 11.3 Å². The Morgan fingerprint density at radius 3 is 2.45 bits per heavy atom. The molecule has 1 aromatic rings. The summed E-state index contributed by atoms with van der Waals surface area (Å²) in [4.78, 5) is 36.2. The molecule has 0 aliphatic heterocycles. The minimum atomic E-state index is -0.961. The quantitative estimate of drug-likeness (QED) is 0.578. The van der Waals surface area contributed by atoms with E-state index in [2.05, 4.69) is 10.9 Å². The van der Waals surface area contributed by atoms with E-state index in [0.29, 0.717) is 11.3 Å². The summed E-state index contributed by atoms with van der Waals surface area (Å²) < 4.78 is 0. The van der Waals surface area contributed by atoms with Crippen molar-refractivity contribution in [1.29, 1.82) is 0 Å². The van der Waals surface area contributed by atoms with E-state index in [-0.39, 0.29) is 17.7 Å². The Labute approximate surface area is 131 Å². The molecule has 2 bridgehead atoms. The van der Waals surface area contributed by atoms with E-state index in [0.717, 1.165) is 5.56 Å². The third kappa shape index (κ3) is 2.41. The van der Waals surface area contributed by atoms with E-state index in [1.807, 2.05) is 25.1 Å². The van der Waals surface area contributed by atoms with Crippen LogP contribution in [0.2, 0.25) is 0 Å². The van der Waals surface area contributed by atoms with Crippen LogP contribution in [0.15, 0.2) is 23.6 Å². The molecule has 2 amide bonds. The highest BCUT2D eigenvalue weighted by atomic mass is 32.1. The zero-order chi connectivity index (χ0) is 15.9. The molecule has 22 heavy (non-hydrogen) atoms. The molecule has 3 rings (SSSR count). The van der Waals surface area contributed by atoms with Gasteiger partial charge in [0.1, 0.15) is 0 Å². The summed E-state index contributed by atoms with van der Waals surface area (Å²) >= 11 is 1.29. The minimum absolute atomic E-state index is 0.0634. The molecular formula is C15H16N2O4S. The van der Waals surface area contributed by atoms with Crippen LogP contribution in [0.5, 0.6) is 0 Å². The fourth-order valence-electron chi connectivity index (χ4n) is 3.38. The van der Waals surface area contributed by atoms with Gasteiger partial charge in [-0.25, -0.2) is 0 Å². The van der Waals surface area contributed by atoms with Gasteiger partial charge in [0.25, 0.3) is 5.91 Å². The van der Waals surface area contributed by atoms with Crippen molar-refractivity contribution in [2.45, 2.75) is 13.3 Å². The molecule has 116 valence electrons. The zero-order valence-corrected chi connectivity index (χ0v) is 12.7. The first-order chi connectivity index (χ1) is 10.5. The number of carboxylic acid groups (broad SMARTS) is 1. The Kier molecular flexibility index (Phi) is 3.74. The Hall–Kier alpha value is -2.15. The van der Waals surface area contributed by atoms with E-state index in [4.69, 9.17) is 0 Å². The number of carbonyl (C=O) groups is 3. The maximum absolute atomic E-state index is 12.3. The number of hydrogen-bond donors (Lipinski definition) is 3. The maximum Gasteiger partial charge on any atom is 0.307 e. The molecule has 0 saturated heterocycles. The van der Waals surface area contributed by atoms with E-state index < -0.39 is 23.7 Å². The molecule has 2 aliphatic carbocycles. The highest BCUT2D eigenvalue weighted by molar-refractivity contribution is 7.12. The standard InChI is InChI=1S/C15H16N2O4S/c1-7-4-5-22-12(7)14(19)17-16-13(18)10-8-2-3-9(6-8)11(10)15(20)21/h2-5,8-11H,6H2,1H3,(H,16,18)(H,17,19)(H,20,21)/t8-,9+,10+,11+/m1/s1. The van der Waals surface area contributed by atoms with Gasteiger partial charge in [-0.2, -0.15) is 0 Å². The molecule has 0 radical (unpaired) electrons. The van der Waals surface area contributed by atoms with Gasteiger partial charge in [-0.3, -0.25) is 25.2 Å². The molecule has 0 unspecified atom stereocenters. The Balaban J connectivity index is 1.65. The van der Waals surface area contributed by atoms with Gasteiger partial charge < -0.3 is 5.11 Å². The average molecular weight is 320 g/mol. The lowest BCUT2D eigenvalue weighted by atomic mass is 9.82. The second-order valence-corrected chi connectivity index (χ2v) is 6.63. The van der Waals surface area contributed by atoms with Gasteiger partial charge in [0.05, 0.1) is 16.7 Å². The molecule has 1 aromatic heterocycles. The van der Waals surface area contributed by atoms with Crippen molar-refractivity contribution in [1.82, 2.24) is 10.9 Å². The third-order valence-corrected chi connectivity index (χ3v) is 5.43. The number of hydrazine groups is 1. The number of carbonyl (C=O) groups excluding carboxylic acids is 2. The second-order valence-electron chi connectivity index (χ2n) is 5.71. The molecule has 3 N–H and O–H groups in total. The number of amides is 2. The van der Waals surface area contributed by atoms with Gasteiger partial charge in [0.2, 0.25) is 5.91 Å². The normalized spacial score (nSPS) is 28.6. The number of aliphatic carboxylic acids is 1. The number of thiophene rings is 1. The van der Waals surface area contributed by atoms with Crippen LogP contribution in [0.25, 0.3) is 0 Å². The largest absolute Gasteiger partial charge is 0.481 e. The molecule has 7 heteroatoms. The highest BCUT2D eigenvalue weighted by Gasteiger charge is 2.51. The van der Waals surface area contributed by atoms with Gasteiger partial charge >= 0.3 is 5.97 Å². The van der Waals surface area contributed by atoms with E-state index in [1.54, 1.807) is 5.38 Å². The molecule has 1 fully saturated rings. The molecular weight excluding hydrogens is 304 g/mol. The smallest absolute Gasteiger partial charge is 0.307 e. The summed E-state index contributed by atoms with van der Waals surface area (Å²) in [6, 6.07) is 1.82. The molecule has 1 saturated carbocycles. The van der Waals surface area contributed by atoms with Crippen molar-refractivity contribution in [2.24, 2.45) is 23.7 Å². The van der Waals surface area contributed by atoms with E-state index >= 15 is 0 Å². The number of hydrogen-bond acceptors (Lipinski definition) is 4. The molecule has 6 nitrogen and oxygen atoms in total. The van der Waals surface area contributed by atoms with Crippen molar-refractivity contribution in [2.75, 3.05) is 0 Å². The van der Waals surface area contributed by atoms with Gasteiger partial charge in [-0.05, 0) is 42.2 Å². The van der Waals surface area contributed by atoms with Crippen molar-refractivity contribution in [3.8, 4) is 0 Å². The fraction of sp³-hybridized carbons (Fsp3) is 0.400. The zero-order valence-electron chi connectivity index (χ0n) is 11.9. The summed E-state index contributed by atoms with van der Waals surface area (Å²) in [5.74, 6) is -3.27. The minimum Gasteiger partial charge on any atom is -0.481 e. The first-order valence-corrected chi connectivity index (χ1v) is 7.92. The molecule has 1 heterocycles. The molecule has 0 spiro atoms. The fourth-order valence-corrected chi connectivity index (χ4v) is 4.20. The topological polar surface area (TPSA) is 95.5 Å². The SMILES string of the molecule is Cc1ccsc1C(=O)NNC(=O)[C@@H]1[C@@H](C(=O)O)[C@H]2C=C[C@@H]1C2. The monoisotopic (exact) mass is 320 g/mol. The lowest BCUT2D eigenvalue weighted by Gasteiger charge is -2.23. The number of nitrogens with one attached hydrogen (secondary N) is 2. The van der Waals surface area contributed by atoms with Crippen molar-refractivity contribution >= 4 is 29.1 Å². The number of aryl methyl sites for hydroxylation is 1. The summed E-state index contributed by atoms with van der Waals surface area (Å²) in [7, 11) is 0. The summed E-state index contributed by atoms with van der Waals surface area (Å²) in [6.45, 7) is 1.81. The van der Waals surface area contributed by atoms with E-state index in [9.17, 15) is 19.5 Å². The lowest BCUT2D eigenvalue weighted by Crippen LogP contribution is -2.48. The molecule has 0 aromatic carbocycles. The summed E-state index contributed by atoms with van der Waals surface area (Å²) in [5, 5.41) is 11.1. The lowest BCUT2D eigenvalue weighted by molar-refractivity contribution is -0.148. The second kappa shape index (κ2) is 5.57. The number of allylic oxidation sites excluding steroid dienone is 2. The summed E-state index contributed by atoms with van der Waals surface area (Å²) in [6.07, 6.45) is 4.47. The van der Waals surface area contributed by atoms with Crippen LogP contribution in [0.1, 0.15) is 21.7 Å². The Morgan fingerprint density at radius 1 is 1.18 bits per heavy atom. The number of fused-ring (bicyclic) bond motifs is 2. The Bertz CT molecular complexity index is 666. The predicted octanol–water partition coefficient (Wildman–Crippen LogP) is 1.34. The van der Waals surface area contributed by atoms with Gasteiger partial charge in [0.15, 0.2) is 0 Å². The first-order valence-electron chi connectivity index (χ1n) is 7.04. The average Bonchev–Trinajstić information content (AvgIpc) is 3.18. The number of rotatable bonds is 3. The number of carboxylic acids is 1. The van der Waals surface area contributed by atoms with Crippen LogP contribution in [-0.4, -0.2) is 22.9 Å². The van der Waals surface area contributed by atoms with Crippen molar-refractivity contribution in [3.05, 3.63) is 34.0 Å². The van der Waals surface area contributed by atoms with Crippen LogP contribution in [0, 0.1) is 30.6 Å². The maximum atomic E-state index is 12.3. The van der Waals surface area contributed by atoms with E-state index in [1.165, 1.54) is 11.3 Å². The Morgan fingerprint density at radius 2 is 1.86 bits per heavy atom. The first kappa shape index (κ1) is 14.8. The van der Waals surface area contributed by atoms with Crippen LogP contribution < -0.4 is 10.9 Å². The van der Waals surface area contributed by atoms with Gasteiger partial charge in [-0.1, -0.05) is 12.2 Å². The predicted molar refractivity (Wildman–Crippen MR) is 80.0 cm³/mol. The van der Waals surface area contributed by atoms with Crippen molar-refractivity contribution in [3.63, 3.8) is 0 Å². The van der Waals surface area contributed by atoms with Crippen LogP contribution in [-0.2, 0) is 9.59 Å². The third-order valence-electron chi connectivity index (χ3n) is 4.41. The van der Waals surface area contributed by atoms with Gasteiger partial charge in [0, 0.05) is 0 Å². The van der Waals surface area contributed by atoms with Crippen LogP contribution in [0.3, 0.4) is 0 Å².